The molecule has 6 heteroatoms. The van der Waals surface area contributed by atoms with Crippen molar-refractivity contribution in [3.05, 3.63) is 65.2 Å². The summed E-state index contributed by atoms with van der Waals surface area (Å²) in [5, 5.41) is 5.36. The summed E-state index contributed by atoms with van der Waals surface area (Å²) in [6.45, 7) is 0.374. The highest BCUT2D eigenvalue weighted by atomic mass is 19.1. The van der Waals surface area contributed by atoms with E-state index in [1.54, 1.807) is 12.1 Å². The molecule has 3 rings (SSSR count). The molecule has 0 fully saturated rings. The molecule has 124 valence electrons. The van der Waals surface area contributed by atoms with Crippen LogP contribution in [-0.2, 0) is 16.0 Å². The summed E-state index contributed by atoms with van der Waals surface area (Å²) in [4.78, 5) is 24.1. The SMILES string of the molecule is O=C1C[C@H](C(=O)NCCc2ccc(F)cc2)c2ccc(F)cc2N1. The Morgan fingerprint density at radius 2 is 1.83 bits per heavy atom. The standard InChI is InChI=1S/C18H16F2N2O2/c19-12-3-1-11(2-4-12)7-8-21-18(24)15-10-17(23)22-16-9-13(20)5-6-14(15)16/h1-6,9,15H,7-8,10H2,(H,21,24)(H,22,23)/t15-/m0/s1. The summed E-state index contributed by atoms with van der Waals surface area (Å²) in [5.74, 6) is -2.00. The van der Waals surface area contributed by atoms with Crippen LogP contribution in [0.4, 0.5) is 14.5 Å². The van der Waals surface area contributed by atoms with E-state index in [-0.39, 0.29) is 24.1 Å². The largest absolute Gasteiger partial charge is 0.355 e. The van der Waals surface area contributed by atoms with Crippen LogP contribution in [-0.4, -0.2) is 18.4 Å². The van der Waals surface area contributed by atoms with Gasteiger partial charge in [0.05, 0.1) is 5.92 Å². The fourth-order valence-electron chi connectivity index (χ4n) is 2.78. The van der Waals surface area contributed by atoms with Crippen molar-refractivity contribution < 1.29 is 18.4 Å². The third-order valence-electron chi connectivity index (χ3n) is 4.00. The number of amides is 2. The third kappa shape index (κ3) is 3.59. The Kier molecular flexibility index (Phi) is 4.55. The van der Waals surface area contributed by atoms with Gasteiger partial charge in [0.2, 0.25) is 11.8 Å². The highest BCUT2D eigenvalue weighted by Crippen LogP contribution is 2.32. The van der Waals surface area contributed by atoms with E-state index in [0.717, 1.165) is 5.56 Å². The van der Waals surface area contributed by atoms with Crippen molar-refractivity contribution in [2.45, 2.75) is 18.8 Å². The molecule has 0 saturated carbocycles. The van der Waals surface area contributed by atoms with Gasteiger partial charge in [-0.3, -0.25) is 9.59 Å². The lowest BCUT2D eigenvalue weighted by Gasteiger charge is -2.24. The summed E-state index contributed by atoms with van der Waals surface area (Å²) in [6.07, 6.45) is 0.586. The fraction of sp³-hybridized carbons (Fsp3) is 0.222. The maximum atomic E-state index is 13.3. The van der Waals surface area contributed by atoms with Gasteiger partial charge in [-0.05, 0) is 41.8 Å². The van der Waals surface area contributed by atoms with Gasteiger partial charge >= 0.3 is 0 Å². The molecule has 1 aliphatic rings. The first kappa shape index (κ1) is 16.1. The molecule has 0 aromatic heterocycles. The minimum Gasteiger partial charge on any atom is -0.355 e. The minimum atomic E-state index is -0.637. The monoisotopic (exact) mass is 330 g/mol. The molecule has 0 unspecified atom stereocenters. The van der Waals surface area contributed by atoms with Crippen LogP contribution in [0.25, 0.3) is 0 Å². The zero-order valence-electron chi connectivity index (χ0n) is 12.8. The second-order valence-electron chi connectivity index (χ2n) is 5.70. The van der Waals surface area contributed by atoms with Crippen LogP contribution in [0, 0.1) is 11.6 Å². The van der Waals surface area contributed by atoms with Gasteiger partial charge in [-0.25, -0.2) is 8.78 Å². The molecular formula is C18H16F2N2O2. The summed E-state index contributed by atoms with van der Waals surface area (Å²) in [6, 6.07) is 10.1. The first-order valence-corrected chi connectivity index (χ1v) is 7.64. The van der Waals surface area contributed by atoms with Gasteiger partial charge in [0.1, 0.15) is 11.6 Å². The molecule has 0 aliphatic carbocycles. The topological polar surface area (TPSA) is 58.2 Å². The quantitative estimate of drug-likeness (QED) is 0.906. The molecule has 2 aromatic rings. The van der Waals surface area contributed by atoms with E-state index in [1.807, 2.05) is 0 Å². The van der Waals surface area contributed by atoms with E-state index in [9.17, 15) is 18.4 Å². The third-order valence-corrected chi connectivity index (χ3v) is 4.00. The van der Waals surface area contributed by atoms with Gasteiger partial charge in [-0.15, -0.1) is 0 Å². The van der Waals surface area contributed by atoms with Crippen molar-refractivity contribution >= 4 is 17.5 Å². The highest BCUT2D eigenvalue weighted by Gasteiger charge is 2.30. The molecule has 0 saturated heterocycles. The molecule has 1 atom stereocenters. The van der Waals surface area contributed by atoms with Gasteiger partial charge < -0.3 is 10.6 Å². The average Bonchev–Trinajstić information content (AvgIpc) is 2.55. The average molecular weight is 330 g/mol. The van der Waals surface area contributed by atoms with Gasteiger partial charge in [0, 0.05) is 18.7 Å². The summed E-state index contributed by atoms with van der Waals surface area (Å²) in [5.41, 5.74) is 1.85. The van der Waals surface area contributed by atoms with Crippen LogP contribution in [0.15, 0.2) is 42.5 Å². The summed E-state index contributed by atoms with van der Waals surface area (Å²) in [7, 11) is 0. The molecule has 0 radical (unpaired) electrons. The first-order valence-electron chi connectivity index (χ1n) is 7.64. The Labute approximate surface area is 137 Å². The molecule has 0 spiro atoms. The van der Waals surface area contributed by atoms with Crippen LogP contribution < -0.4 is 10.6 Å². The van der Waals surface area contributed by atoms with Crippen molar-refractivity contribution in [1.82, 2.24) is 5.32 Å². The molecule has 24 heavy (non-hydrogen) atoms. The van der Waals surface area contributed by atoms with Crippen molar-refractivity contribution in [2.75, 3.05) is 11.9 Å². The number of hydrogen-bond donors (Lipinski definition) is 2. The summed E-state index contributed by atoms with van der Waals surface area (Å²) >= 11 is 0. The lowest BCUT2D eigenvalue weighted by atomic mass is 9.89. The Balaban J connectivity index is 1.65. The highest BCUT2D eigenvalue weighted by molar-refractivity contribution is 6.01. The molecule has 2 N–H and O–H groups in total. The molecular weight excluding hydrogens is 314 g/mol. The van der Waals surface area contributed by atoms with Gasteiger partial charge in [0.15, 0.2) is 0 Å². The number of fused-ring (bicyclic) bond motifs is 1. The first-order chi connectivity index (χ1) is 11.5. The van der Waals surface area contributed by atoms with Crippen LogP contribution in [0.2, 0.25) is 0 Å². The number of anilines is 1. The van der Waals surface area contributed by atoms with Crippen molar-refractivity contribution in [1.29, 1.82) is 0 Å². The van der Waals surface area contributed by atoms with E-state index >= 15 is 0 Å². The number of hydrogen-bond acceptors (Lipinski definition) is 2. The van der Waals surface area contributed by atoms with Gasteiger partial charge in [-0.2, -0.15) is 0 Å². The molecule has 4 nitrogen and oxygen atoms in total. The number of halogens is 2. The normalized spacial score (nSPS) is 16.2. The fourth-order valence-corrected chi connectivity index (χ4v) is 2.78. The Hall–Kier alpha value is -2.76. The van der Waals surface area contributed by atoms with Gasteiger partial charge in [0.25, 0.3) is 0 Å². The molecule has 0 bridgehead atoms. The lowest BCUT2D eigenvalue weighted by Crippen LogP contribution is -2.36. The van der Waals surface area contributed by atoms with E-state index in [2.05, 4.69) is 10.6 Å². The van der Waals surface area contributed by atoms with E-state index < -0.39 is 11.7 Å². The maximum Gasteiger partial charge on any atom is 0.228 e. The predicted molar refractivity (Wildman–Crippen MR) is 85.5 cm³/mol. The van der Waals surface area contributed by atoms with Crippen molar-refractivity contribution in [2.24, 2.45) is 0 Å². The zero-order chi connectivity index (χ0) is 17.1. The van der Waals surface area contributed by atoms with Gasteiger partial charge in [-0.1, -0.05) is 18.2 Å². The summed E-state index contributed by atoms with van der Waals surface area (Å²) < 4.78 is 26.1. The maximum absolute atomic E-state index is 13.3. The van der Waals surface area contributed by atoms with E-state index in [4.69, 9.17) is 0 Å². The van der Waals surface area contributed by atoms with Crippen LogP contribution >= 0.6 is 0 Å². The Bertz CT molecular complexity index is 775. The number of nitrogens with one attached hydrogen (secondary N) is 2. The number of benzene rings is 2. The number of rotatable bonds is 4. The smallest absolute Gasteiger partial charge is 0.228 e. The number of carbonyl (C=O) groups is 2. The van der Waals surface area contributed by atoms with Crippen LogP contribution in [0.5, 0.6) is 0 Å². The zero-order valence-corrected chi connectivity index (χ0v) is 12.8. The van der Waals surface area contributed by atoms with Crippen LogP contribution in [0.3, 0.4) is 0 Å². The predicted octanol–water partition coefficient (Wildman–Crippen LogP) is 2.75. The van der Waals surface area contributed by atoms with Crippen molar-refractivity contribution in [3.63, 3.8) is 0 Å². The second-order valence-corrected chi connectivity index (χ2v) is 5.70. The van der Waals surface area contributed by atoms with Crippen LogP contribution in [0.1, 0.15) is 23.5 Å². The number of carbonyl (C=O) groups excluding carboxylic acids is 2. The molecule has 1 aliphatic heterocycles. The molecule has 1 heterocycles. The molecule has 2 amide bonds. The lowest BCUT2D eigenvalue weighted by molar-refractivity contribution is -0.126. The van der Waals surface area contributed by atoms with E-state index in [1.165, 1.54) is 30.3 Å². The van der Waals surface area contributed by atoms with E-state index in [0.29, 0.717) is 24.2 Å². The van der Waals surface area contributed by atoms with Crippen molar-refractivity contribution in [3.8, 4) is 0 Å². The second kappa shape index (κ2) is 6.78. The minimum absolute atomic E-state index is 0.0288. The Morgan fingerprint density at radius 3 is 2.58 bits per heavy atom. The Morgan fingerprint density at radius 1 is 1.12 bits per heavy atom. The molecule has 2 aromatic carbocycles.